The predicted octanol–water partition coefficient (Wildman–Crippen LogP) is 1.78. The average molecular weight is 267 g/mol. The van der Waals surface area contributed by atoms with E-state index in [1.807, 2.05) is 6.92 Å². The molecule has 0 spiro atoms. The van der Waals surface area contributed by atoms with E-state index in [4.69, 9.17) is 0 Å². The quantitative estimate of drug-likeness (QED) is 0.761. The van der Waals surface area contributed by atoms with Crippen molar-refractivity contribution in [3.8, 4) is 0 Å². The lowest BCUT2D eigenvalue weighted by atomic mass is 10.2. The molecule has 1 rings (SSSR count). The van der Waals surface area contributed by atoms with Crippen LogP contribution in [0, 0.1) is 12.7 Å². The summed E-state index contributed by atoms with van der Waals surface area (Å²) in [5.74, 6) is -0.855. The van der Waals surface area contributed by atoms with Crippen molar-refractivity contribution in [1.82, 2.24) is 10.6 Å². The molecule has 6 heteroatoms. The third kappa shape index (κ3) is 5.37. The monoisotopic (exact) mass is 267 g/mol. The van der Waals surface area contributed by atoms with Crippen LogP contribution in [0.15, 0.2) is 18.2 Å². The number of rotatable bonds is 5. The first-order valence-corrected chi connectivity index (χ1v) is 6.10. The second kappa shape index (κ2) is 7.35. The van der Waals surface area contributed by atoms with E-state index >= 15 is 0 Å². The van der Waals surface area contributed by atoms with Crippen molar-refractivity contribution in [2.75, 3.05) is 18.4 Å². The number of urea groups is 1. The molecule has 0 aliphatic heterocycles. The highest BCUT2D eigenvalue weighted by Gasteiger charge is 2.07. The molecule has 3 N–H and O–H groups in total. The smallest absolute Gasteiger partial charge is 0.321 e. The molecular formula is C13H18FN3O2. The topological polar surface area (TPSA) is 70.2 Å². The molecule has 0 saturated heterocycles. The van der Waals surface area contributed by atoms with Gasteiger partial charge in [0.15, 0.2) is 0 Å². The van der Waals surface area contributed by atoms with E-state index in [0.717, 1.165) is 12.0 Å². The molecule has 3 amide bonds. The molecule has 104 valence electrons. The van der Waals surface area contributed by atoms with Gasteiger partial charge in [0, 0.05) is 12.2 Å². The lowest BCUT2D eigenvalue weighted by Crippen LogP contribution is -2.42. The van der Waals surface area contributed by atoms with E-state index in [-0.39, 0.29) is 12.4 Å². The number of hydrogen-bond acceptors (Lipinski definition) is 3. The minimum absolute atomic E-state index is 0.0934. The van der Waals surface area contributed by atoms with Crippen LogP contribution in [-0.4, -0.2) is 25.0 Å². The largest absolute Gasteiger partial charge is 0.376 e. The number of amides is 3. The summed E-state index contributed by atoms with van der Waals surface area (Å²) in [5.41, 5.74) is 1.36. The normalized spacial score (nSPS) is 9.84. The minimum Gasteiger partial charge on any atom is -0.376 e. The molecule has 1 aromatic rings. The van der Waals surface area contributed by atoms with Crippen LogP contribution in [0.4, 0.5) is 14.9 Å². The Bertz CT molecular complexity index is 463. The van der Waals surface area contributed by atoms with Crippen LogP contribution in [0.25, 0.3) is 0 Å². The van der Waals surface area contributed by atoms with Crippen LogP contribution in [-0.2, 0) is 4.79 Å². The van der Waals surface area contributed by atoms with E-state index in [0.29, 0.717) is 12.2 Å². The van der Waals surface area contributed by atoms with Crippen molar-refractivity contribution in [3.05, 3.63) is 29.6 Å². The fourth-order valence-electron chi connectivity index (χ4n) is 1.41. The average Bonchev–Trinajstić information content (AvgIpc) is 2.37. The molecule has 0 bridgehead atoms. The van der Waals surface area contributed by atoms with E-state index in [1.54, 1.807) is 13.0 Å². The van der Waals surface area contributed by atoms with Crippen LogP contribution < -0.4 is 16.0 Å². The molecule has 0 radical (unpaired) electrons. The van der Waals surface area contributed by atoms with Crippen molar-refractivity contribution < 1.29 is 14.0 Å². The molecule has 1 aromatic carbocycles. The molecule has 0 aromatic heterocycles. The summed E-state index contributed by atoms with van der Waals surface area (Å²) in [6, 6.07) is 3.74. The number of carbonyl (C=O) groups is 2. The van der Waals surface area contributed by atoms with Crippen molar-refractivity contribution in [2.45, 2.75) is 20.3 Å². The number of aryl methyl sites for hydroxylation is 1. The zero-order chi connectivity index (χ0) is 14.3. The lowest BCUT2D eigenvalue weighted by Gasteiger charge is -2.10. The Kier molecular flexibility index (Phi) is 5.78. The van der Waals surface area contributed by atoms with E-state index in [2.05, 4.69) is 16.0 Å². The van der Waals surface area contributed by atoms with Crippen LogP contribution in [0.1, 0.15) is 18.9 Å². The maximum Gasteiger partial charge on any atom is 0.321 e. The zero-order valence-corrected chi connectivity index (χ0v) is 11.0. The number of carbonyl (C=O) groups excluding carboxylic acids is 2. The summed E-state index contributed by atoms with van der Waals surface area (Å²) in [5, 5.41) is 7.48. The highest BCUT2D eigenvalue weighted by molar-refractivity contribution is 5.96. The van der Waals surface area contributed by atoms with Crippen molar-refractivity contribution >= 4 is 17.6 Å². The van der Waals surface area contributed by atoms with Crippen LogP contribution in [0.3, 0.4) is 0 Å². The fraction of sp³-hybridized carbons (Fsp3) is 0.385. The maximum absolute atomic E-state index is 13.0. The second-order valence-corrected chi connectivity index (χ2v) is 4.12. The summed E-state index contributed by atoms with van der Waals surface area (Å²) in [7, 11) is 0. The number of nitrogens with one attached hydrogen (secondary N) is 3. The second-order valence-electron chi connectivity index (χ2n) is 4.12. The molecule has 0 unspecified atom stereocenters. The third-order valence-corrected chi connectivity index (χ3v) is 2.43. The number of halogens is 1. The Hall–Kier alpha value is -2.11. The van der Waals surface area contributed by atoms with Gasteiger partial charge in [-0.15, -0.1) is 0 Å². The Morgan fingerprint density at radius 3 is 2.74 bits per heavy atom. The minimum atomic E-state index is -0.524. The van der Waals surface area contributed by atoms with Gasteiger partial charge in [0.25, 0.3) is 0 Å². The van der Waals surface area contributed by atoms with Gasteiger partial charge in [-0.25, -0.2) is 9.18 Å². The first kappa shape index (κ1) is 14.9. The molecular weight excluding hydrogens is 249 g/mol. The van der Waals surface area contributed by atoms with Crippen LogP contribution in [0.5, 0.6) is 0 Å². The van der Waals surface area contributed by atoms with Gasteiger partial charge in [-0.05, 0) is 31.0 Å². The maximum atomic E-state index is 13.0. The molecule has 0 saturated carbocycles. The first-order chi connectivity index (χ1) is 9.02. The van der Waals surface area contributed by atoms with E-state index < -0.39 is 11.9 Å². The van der Waals surface area contributed by atoms with Gasteiger partial charge in [0.1, 0.15) is 5.82 Å². The summed E-state index contributed by atoms with van der Waals surface area (Å²) < 4.78 is 13.0. The number of hydrogen-bond donors (Lipinski definition) is 3. The van der Waals surface area contributed by atoms with Gasteiger partial charge in [-0.1, -0.05) is 13.0 Å². The van der Waals surface area contributed by atoms with Crippen LogP contribution in [0.2, 0.25) is 0 Å². The van der Waals surface area contributed by atoms with Crippen molar-refractivity contribution in [1.29, 1.82) is 0 Å². The Labute approximate surface area is 111 Å². The Morgan fingerprint density at radius 2 is 2.05 bits per heavy atom. The standard InChI is InChI=1S/C13H18FN3O2/c1-3-6-15-13(19)17-12(18)8-16-11-7-10(14)5-4-9(11)2/h4-5,7,16H,3,6,8H2,1-2H3,(H2,15,17,18,19). The summed E-state index contributed by atoms with van der Waals surface area (Å²) >= 11 is 0. The van der Waals surface area contributed by atoms with Gasteiger partial charge >= 0.3 is 6.03 Å². The van der Waals surface area contributed by atoms with Gasteiger partial charge in [-0.2, -0.15) is 0 Å². The number of benzene rings is 1. The van der Waals surface area contributed by atoms with Gasteiger partial charge in [0.05, 0.1) is 6.54 Å². The summed E-state index contributed by atoms with van der Waals surface area (Å²) in [6.45, 7) is 4.13. The third-order valence-electron chi connectivity index (χ3n) is 2.43. The number of imide groups is 1. The number of anilines is 1. The highest BCUT2D eigenvalue weighted by atomic mass is 19.1. The first-order valence-electron chi connectivity index (χ1n) is 6.10. The van der Waals surface area contributed by atoms with Gasteiger partial charge in [-0.3, -0.25) is 10.1 Å². The van der Waals surface area contributed by atoms with Crippen molar-refractivity contribution in [2.24, 2.45) is 0 Å². The summed E-state index contributed by atoms with van der Waals surface area (Å²) in [6.07, 6.45) is 0.794. The molecule has 0 fully saturated rings. The summed E-state index contributed by atoms with van der Waals surface area (Å²) in [4.78, 5) is 22.7. The van der Waals surface area contributed by atoms with Crippen LogP contribution >= 0.6 is 0 Å². The lowest BCUT2D eigenvalue weighted by molar-refractivity contribution is -0.118. The molecule has 5 nitrogen and oxygen atoms in total. The molecule has 0 aliphatic carbocycles. The zero-order valence-electron chi connectivity index (χ0n) is 11.0. The van der Waals surface area contributed by atoms with E-state index in [9.17, 15) is 14.0 Å². The molecule has 0 aliphatic rings. The molecule has 0 atom stereocenters. The van der Waals surface area contributed by atoms with E-state index in [1.165, 1.54) is 12.1 Å². The Balaban J connectivity index is 2.41. The van der Waals surface area contributed by atoms with Gasteiger partial charge < -0.3 is 10.6 Å². The predicted molar refractivity (Wildman–Crippen MR) is 71.5 cm³/mol. The fourth-order valence-corrected chi connectivity index (χ4v) is 1.41. The molecule has 19 heavy (non-hydrogen) atoms. The van der Waals surface area contributed by atoms with Gasteiger partial charge in [0.2, 0.25) is 5.91 Å². The molecule has 0 heterocycles. The Morgan fingerprint density at radius 1 is 1.32 bits per heavy atom. The highest BCUT2D eigenvalue weighted by Crippen LogP contribution is 2.15. The SMILES string of the molecule is CCCNC(=O)NC(=O)CNc1cc(F)ccc1C. The van der Waals surface area contributed by atoms with Crippen molar-refractivity contribution in [3.63, 3.8) is 0 Å².